The van der Waals surface area contributed by atoms with Crippen molar-refractivity contribution in [2.45, 2.75) is 82.3 Å². The molecule has 0 spiro atoms. The number of hydrogen-bond acceptors (Lipinski definition) is 13. The van der Waals surface area contributed by atoms with Gasteiger partial charge in [-0.3, -0.25) is 19.2 Å². The molecular formula is C33H39N3O12. The maximum absolute atomic E-state index is 14.8. The van der Waals surface area contributed by atoms with Gasteiger partial charge in [0.15, 0.2) is 6.04 Å². The highest BCUT2D eigenvalue weighted by atomic mass is 16.8. The third-order valence-corrected chi connectivity index (χ3v) is 10.2. The van der Waals surface area contributed by atoms with Gasteiger partial charge in [0, 0.05) is 31.0 Å². The molecule has 0 aromatic heterocycles. The van der Waals surface area contributed by atoms with Gasteiger partial charge < -0.3 is 39.0 Å². The molecule has 2 N–H and O–H groups in total. The van der Waals surface area contributed by atoms with Crippen molar-refractivity contribution in [1.82, 2.24) is 15.3 Å². The number of nitrogens with one attached hydrogen (secondary N) is 1. The predicted molar refractivity (Wildman–Crippen MR) is 161 cm³/mol. The van der Waals surface area contributed by atoms with E-state index in [0.29, 0.717) is 30.5 Å². The van der Waals surface area contributed by atoms with Crippen LogP contribution in [0.15, 0.2) is 30.3 Å². The zero-order valence-corrected chi connectivity index (χ0v) is 26.7. The monoisotopic (exact) mass is 669 g/mol. The lowest BCUT2D eigenvalue weighted by molar-refractivity contribution is -0.204. The van der Waals surface area contributed by atoms with E-state index < -0.39 is 71.3 Å². The number of esters is 3. The number of amides is 2. The molecule has 7 rings (SSSR count). The standard InChI is InChI=1S/C33H39N3O12/c1-32(2)16-43-30(41)27(32)47-22(38)10-9-18-6-3-4-7-19(18)15-36-25-29(40)46-21-14-33(25,26(48-36)24-23(21)44-17-45-24)31(42)35-12-5-8-20(35)28(39)34-11-13-37/h3-4,6-7,9-10,20-21,23-27,37H,5,8,11-17H2,1-2H3,(H,34,39)/t20-,21+,23+,24+,25+,26-,27+,33+/m1/s1. The Morgan fingerprint density at radius 1 is 1.12 bits per heavy atom. The number of hydrogen-bond donors (Lipinski definition) is 2. The minimum atomic E-state index is -1.42. The number of carbonyl (C=O) groups is 5. The minimum absolute atomic E-state index is 0.0339. The number of ether oxygens (including phenoxy) is 5. The summed E-state index contributed by atoms with van der Waals surface area (Å²) in [5.41, 5.74) is -0.802. The highest BCUT2D eigenvalue weighted by Gasteiger charge is 2.75. The third kappa shape index (κ3) is 5.37. The van der Waals surface area contributed by atoms with Gasteiger partial charge >= 0.3 is 17.9 Å². The second kappa shape index (κ2) is 12.5. The van der Waals surface area contributed by atoms with Gasteiger partial charge in [-0.2, -0.15) is 5.06 Å². The molecule has 0 unspecified atom stereocenters. The van der Waals surface area contributed by atoms with Crippen LogP contribution in [0.1, 0.15) is 44.2 Å². The first kappa shape index (κ1) is 32.6. The molecule has 0 radical (unpaired) electrons. The van der Waals surface area contributed by atoms with Crippen molar-refractivity contribution in [1.29, 1.82) is 0 Å². The lowest BCUT2D eigenvalue weighted by atomic mass is 9.62. The summed E-state index contributed by atoms with van der Waals surface area (Å²) in [5.74, 6) is -2.71. The van der Waals surface area contributed by atoms with Crippen LogP contribution in [0.3, 0.4) is 0 Å². The molecule has 258 valence electrons. The smallest absolute Gasteiger partial charge is 0.348 e. The maximum atomic E-state index is 14.8. The number of hydroxylamine groups is 2. The number of benzene rings is 1. The van der Waals surface area contributed by atoms with Crippen LogP contribution in [0.2, 0.25) is 0 Å². The fourth-order valence-corrected chi connectivity index (χ4v) is 7.92. The summed E-state index contributed by atoms with van der Waals surface area (Å²) >= 11 is 0. The largest absolute Gasteiger partial charge is 0.462 e. The van der Waals surface area contributed by atoms with E-state index in [9.17, 15) is 29.1 Å². The molecule has 5 aliphatic heterocycles. The van der Waals surface area contributed by atoms with Crippen LogP contribution in [0.4, 0.5) is 0 Å². The molecule has 48 heavy (non-hydrogen) atoms. The van der Waals surface area contributed by atoms with Gasteiger partial charge in [-0.05, 0) is 30.0 Å². The van der Waals surface area contributed by atoms with E-state index in [1.54, 1.807) is 44.2 Å². The zero-order valence-electron chi connectivity index (χ0n) is 26.7. The summed E-state index contributed by atoms with van der Waals surface area (Å²) in [7, 11) is 0. The Morgan fingerprint density at radius 2 is 1.92 bits per heavy atom. The Labute approximate surface area is 276 Å². The summed E-state index contributed by atoms with van der Waals surface area (Å²) < 4.78 is 28.1. The second-order valence-electron chi connectivity index (χ2n) is 13.7. The first-order chi connectivity index (χ1) is 23.0. The van der Waals surface area contributed by atoms with Crippen LogP contribution >= 0.6 is 0 Å². The number of aliphatic hydroxyl groups is 1. The number of likely N-dealkylation sites (tertiary alicyclic amines) is 1. The van der Waals surface area contributed by atoms with Crippen molar-refractivity contribution in [2.75, 3.05) is 33.1 Å². The quantitative estimate of drug-likeness (QED) is 0.201. The van der Waals surface area contributed by atoms with E-state index in [-0.39, 0.29) is 51.3 Å². The van der Waals surface area contributed by atoms with Crippen molar-refractivity contribution in [3.8, 4) is 0 Å². The molecule has 1 saturated carbocycles. The molecule has 1 aromatic carbocycles. The molecule has 6 aliphatic rings. The lowest BCUT2D eigenvalue weighted by Gasteiger charge is -2.50. The van der Waals surface area contributed by atoms with E-state index in [0.717, 1.165) is 0 Å². The van der Waals surface area contributed by atoms with Crippen LogP contribution in [-0.4, -0.2) is 120 Å². The molecule has 1 aliphatic carbocycles. The summed E-state index contributed by atoms with van der Waals surface area (Å²) in [4.78, 5) is 74.5. The molecule has 8 atom stereocenters. The van der Waals surface area contributed by atoms with Crippen LogP contribution in [0.25, 0.3) is 6.08 Å². The van der Waals surface area contributed by atoms with E-state index in [1.807, 2.05) is 0 Å². The average Bonchev–Trinajstić information content (AvgIpc) is 3.86. The van der Waals surface area contributed by atoms with E-state index >= 15 is 0 Å². The van der Waals surface area contributed by atoms with Gasteiger partial charge in [-0.1, -0.05) is 38.1 Å². The number of aliphatic hydroxyl groups excluding tert-OH is 1. The third-order valence-electron chi connectivity index (χ3n) is 10.2. The average molecular weight is 670 g/mol. The minimum Gasteiger partial charge on any atom is -0.462 e. The first-order valence-electron chi connectivity index (χ1n) is 16.2. The predicted octanol–water partition coefficient (Wildman–Crippen LogP) is -0.164. The van der Waals surface area contributed by atoms with Crippen LogP contribution < -0.4 is 5.32 Å². The zero-order chi connectivity index (χ0) is 33.8. The van der Waals surface area contributed by atoms with Gasteiger partial charge in [0.2, 0.25) is 17.9 Å². The summed E-state index contributed by atoms with van der Waals surface area (Å²) in [6.07, 6.45) is -0.0443. The van der Waals surface area contributed by atoms with Crippen molar-refractivity contribution in [2.24, 2.45) is 10.8 Å². The first-order valence-corrected chi connectivity index (χ1v) is 16.2. The molecule has 6 fully saturated rings. The van der Waals surface area contributed by atoms with E-state index in [4.69, 9.17) is 28.5 Å². The molecule has 1 aromatic rings. The lowest BCUT2D eigenvalue weighted by Crippen LogP contribution is -2.70. The van der Waals surface area contributed by atoms with E-state index in [2.05, 4.69) is 5.32 Å². The second-order valence-corrected chi connectivity index (χ2v) is 13.7. The van der Waals surface area contributed by atoms with Crippen molar-refractivity contribution >= 4 is 35.8 Å². The van der Waals surface area contributed by atoms with Crippen molar-refractivity contribution in [3.63, 3.8) is 0 Å². The SMILES string of the molecule is CC1(C)COC(=O)[C@@H]1OC(=O)C=Cc1ccccc1CN1O[C@@H]2[C@H]3OCO[C@H]3[C@@H]3C[C@]2(C(=O)N2CCC[C@@H]2C(=O)NCCO)[C@@H]1C(=O)O3. The highest BCUT2D eigenvalue weighted by molar-refractivity contribution is 5.96. The number of nitrogens with zero attached hydrogens (tertiary/aromatic N) is 2. The van der Waals surface area contributed by atoms with E-state index in [1.165, 1.54) is 16.0 Å². The molecule has 5 heterocycles. The molecule has 15 heteroatoms. The van der Waals surface area contributed by atoms with Gasteiger partial charge in [0.05, 0.1) is 13.2 Å². The Morgan fingerprint density at radius 3 is 2.69 bits per heavy atom. The van der Waals surface area contributed by atoms with Gasteiger partial charge in [0.1, 0.15) is 49.3 Å². The number of fused-ring (bicyclic) bond motifs is 4. The van der Waals surface area contributed by atoms with Crippen molar-refractivity contribution in [3.05, 3.63) is 41.5 Å². The number of carbonyl (C=O) groups excluding carboxylic acids is 5. The number of cyclic esters (lactones) is 1. The molecule has 15 nitrogen and oxygen atoms in total. The summed E-state index contributed by atoms with van der Waals surface area (Å²) in [6.45, 7) is 3.84. The van der Waals surface area contributed by atoms with Crippen LogP contribution in [0.5, 0.6) is 0 Å². The summed E-state index contributed by atoms with van der Waals surface area (Å²) in [5, 5.41) is 13.3. The fraction of sp³-hybridized carbons (Fsp3) is 0.606. The Kier molecular flexibility index (Phi) is 8.52. The summed E-state index contributed by atoms with van der Waals surface area (Å²) in [6, 6.07) is 5.24. The van der Waals surface area contributed by atoms with Crippen LogP contribution in [0, 0.1) is 10.8 Å². The molecule has 2 bridgehead atoms. The molecule has 2 amide bonds. The Balaban J connectivity index is 1.17. The van der Waals surface area contributed by atoms with Gasteiger partial charge in [-0.25, -0.2) is 9.59 Å². The van der Waals surface area contributed by atoms with Crippen LogP contribution in [-0.2, 0) is 59.0 Å². The molecular weight excluding hydrogens is 630 g/mol. The molecule has 5 saturated heterocycles. The number of rotatable bonds is 9. The topological polar surface area (TPSA) is 179 Å². The Bertz CT molecular complexity index is 1530. The highest BCUT2D eigenvalue weighted by Crippen LogP contribution is 2.56. The van der Waals surface area contributed by atoms with Gasteiger partial charge in [0.25, 0.3) is 0 Å². The fourth-order valence-electron chi connectivity index (χ4n) is 7.92. The maximum Gasteiger partial charge on any atom is 0.348 e. The normalized spacial score (nSPS) is 35.0. The van der Waals surface area contributed by atoms with Crippen molar-refractivity contribution < 1.29 is 57.6 Å². The van der Waals surface area contributed by atoms with Gasteiger partial charge in [-0.15, -0.1) is 0 Å². The Hall–Kier alpha value is -3.89.